The normalized spacial score (nSPS) is 30.5. The summed E-state index contributed by atoms with van der Waals surface area (Å²) in [5.41, 5.74) is 1.20. The molecule has 1 fully saturated rings. The fraction of sp³-hybridized carbons (Fsp3) is 0.273. The van der Waals surface area contributed by atoms with Crippen LogP contribution in [0.4, 0.5) is 0 Å². The summed E-state index contributed by atoms with van der Waals surface area (Å²) in [6, 6.07) is -0.0950. The van der Waals surface area contributed by atoms with Gasteiger partial charge in [0.15, 0.2) is 11.5 Å². The van der Waals surface area contributed by atoms with Crippen LogP contribution in [-0.2, 0) is 16.0 Å². The number of benzene rings is 2. The summed E-state index contributed by atoms with van der Waals surface area (Å²) in [7, 11) is 1.43. The maximum Gasteiger partial charge on any atom is 0.245 e. The standard InChI is InChI=1S/C22H19N3O4/c1-24-10-19(26)25-16(22(24)27)9-14-13-4-2-3-5-15(13)23-20(14)21(25)12-6-7-17-18(8-12)29-11-28-17/h2-8,16,21,23H,9-11H2,1H3/t16-,21?/m1/s1/i2D,3D,4D,5D,11D2,16D. The average Bonchev–Trinajstić information content (AvgIpc) is 3.33. The van der Waals surface area contributed by atoms with Gasteiger partial charge in [0.25, 0.3) is 0 Å². The topological polar surface area (TPSA) is 74.9 Å². The molecule has 2 aromatic carbocycles. The molecule has 7 nitrogen and oxygen atoms in total. The molecule has 3 aliphatic rings. The van der Waals surface area contributed by atoms with E-state index in [9.17, 15) is 11.0 Å². The minimum atomic E-state index is -2.38. The van der Waals surface area contributed by atoms with Gasteiger partial charge in [-0.05, 0) is 29.3 Å². The molecule has 3 aliphatic heterocycles. The van der Waals surface area contributed by atoms with Crippen molar-refractivity contribution < 1.29 is 28.7 Å². The van der Waals surface area contributed by atoms with Gasteiger partial charge in [0, 0.05) is 30.1 Å². The number of aromatic nitrogens is 1. The van der Waals surface area contributed by atoms with Crippen LogP contribution in [0.15, 0.2) is 42.4 Å². The van der Waals surface area contributed by atoms with Crippen molar-refractivity contribution in [3.05, 3.63) is 59.2 Å². The number of hydrogen-bond acceptors (Lipinski definition) is 4. The molecule has 0 saturated carbocycles. The second-order valence-corrected chi connectivity index (χ2v) is 7.21. The predicted molar refractivity (Wildman–Crippen MR) is 105 cm³/mol. The van der Waals surface area contributed by atoms with Gasteiger partial charge in [-0.15, -0.1) is 0 Å². The lowest BCUT2D eigenvalue weighted by molar-refractivity contribution is -0.157. The maximum atomic E-state index is 13.3. The smallest absolute Gasteiger partial charge is 0.245 e. The fourth-order valence-corrected chi connectivity index (χ4v) is 4.26. The number of nitrogens with zero attached hydrogens (tertiary/aromatic N) is 2. The SMILES string of the molecule is [2H]c1c([2H])c([2H])c2c3c([nH]c2c1[2H])C(c1ccc2c(c1)OC([2H])([2H])O2)N1C(=O)CN(C)C(=O)[C@@]1([2H])C3. The Morgan fingerprint density at radius 3 is 2.97 bits per heavy atom. The molecule has 0 spiro atoms. The molecule has 4 heterocycles. The highest BCUT2D eigenvalue weighted by Gasteiger charge is 2.47. The Morgan fingerprint density at radius 2 is 2.07 bits per heavy atom. The predicted octanol–water partition coefficient (Wildman–Crippen LogP) is 2.21. The molecule has 7 heteroatoms. The Kier molecular flexibility index (Phi) is 2.17. The minimum absolute atomic E-state index is 0.0773. The number of ether oxygens (including phenoxy) is 2. The van der Waals surface area contributed by atoms with Gasteiger partial charge >= 0.3 is 0 Å². The Bertz CT molecular complexity index is 1520. The van der Waals surface area contributed by atoms with Crippen LogP contribution in [0.2, 0.25) is 0 Å². The van der Waals surface area contributed by atoms with E-state index >= 15 is 0 Å². The molecule has 0 radical (unpaired) electrons. The number of likely N-dealkylation sites (N-methyl/N-ethyl adjacent to an activating group) is 1. The first-order valence-electron chi connectivity index (χ1n) is 12.5. The van der Waals surface area contributed by atoms with Crippen molar-refractivity contribution in [1.29, 1.82) is 0 Å². The van der Waals surface area contributed by atoms with Gasteiger partial charge in [0.1, 0.15) is 8.76 Å². The zero-order chi connectivity index (χ0) is 25.9. The summed E-state index contributed by atoms with van der Waals surface area (Å²) in [5, 5.41) is 0.165. The van der Waals surface area contributed by atoms with E-state index in [0.29, 0.717) is 16.8 Å². The van der Waals surface area contributed by atoms with Crippen LogP contribution in [0.1, 0.15) is 32.5 Å². The molecule has 29 heavy (non-hydrogen) atoms. The summed E-state index contributed by atoms with van der Waals surface area (Å²) in [6.07, 6.45) is -0.275. The first kappa shape index (κ1) is 10.9. The number of para-hydroxylation sites is 1. The molecule has 1 unspecified atom stereocenters. The number of fused-ring (bicyclic) bond motifs is 5. The molecule has 6 rings (SSSR count). The Labute approximate surface area is 176 Å². The number of carbonyl (C=O) groups excluding carboxylic acids is 2. The number of hydrogen-bond donors (Lipinski definition) is 1. The van der Waals surface area contributed by atoms with Gasteiger partial charge in [0.2, 0.25) is 18.6 Å². The van der Waals surface area contributed by atoms with Gasteiger partial charge in [-0.3, -0.25) is 9.59 Å². The molecule has 1 saturated heterocycles. The summed E-state index contributed by atoms with van der Waals surface area (Å²) in [4.78, 5) is 32.0. The second kappa shape index (κ2) is 5.76. The molecule has 146 valence electrons. The molecule has 2 atom stereocenters. The van der Waals surface area contributed by atoms with E-state index in [1.54, 1.807) is 6.07 Å². The van der Waals surface area contributed by atoms with E-state index < -0.39 is 42.7 Å². The Balaban J connectivity index is 1.66. The lowest BCUT2D eigenvalue weighted by atomic mass is 9.86. The molecule has 3 aromatic rings. The number of nitrogens with one attached hydrogen (secondary N) is 1. The van der Waals surface area contributed by atoms with Crippen molar-refractivity contribution >= 4 is 22.7 Å². The number of carbonyl (C=O) groups is 2. The van der Waals surface area contributed by atoms with Crippen molar-refractivity contribution in [1.82, 2.24) is 14.8 Å². The summed E-state index contributed by atoms with van der Waals surface area (Å²) in [5.74, 6) is -0.888. The summed E-state index contributed by atoms with van der Waals surface area (Å²) in [6.45, 7) is -2.63. The highest BCUT2D eigenvalue weighted by atomic mass is 16.7. The first-order chi connectivity index (χ1) is 16.8. The number of aromatic amines is 1. The van der Waals surface area contributed by atoms with Gasteiger partial charge in [-0.25, -0.2) is 0 Å². The quantitative estimate of drug-likeness (QED) is 0.684. The molecule has 1 N–H and O–H groups in total. The molecule has 0 bridgehead atoms. The summed E-state index contributed by atoms with van der Waals surface area (Å²) >= 11 is 0. The van der Waals surface area contributed by atoms with E-state index in [4.69, 9.17) is 17.7 Å². The van der Waals surface area contributed by atoms with Crippen molar-refractivity contribution in [2.24, 2.45) is 0 Å². The van der Waals surface area contributed by atoms with Crippen LogP contribution >= 0.6 is 0 Å². The number of amides is 2. The van der Waals surface area contributed by atoms with E-state index in [1.165, 1.54) is 24.1 Å². The van der Waals surface area contributed by atoms with Gasteiger partial charge < -0.3 is 24.3 Å². The Morgan fingerprint density at radius 1 is 1.24 bits per heavy atom. The highest BCUT2D eigenvalue weighted by Crippen LogP contribution is 2.44. The van der Waals surface area contributed by atoms with Crippen molar-refractivity contribution in [2.75, 3.05) is 20.3 Å². The van der Waals surface area contributed by atoms with Crippen LogP contribution in [0.3, 0.4) is 0 Å². The van der Waals surface area contributed by atoms with E-state index in [1.807, 2.05) is 0 Å². The third-order valence-electron chi connectivity index (χ3n) is 5.56. The second-order valence-electron chi connectivity index (χ2n) is 7.21. The van der Waals surface area contributed by atoms with Crippen LogP contribution in [-0.4, -0.2) is 53.0 Å². The summed E-state index contributed by atoms with van der Waals surface area (Å²) < 4.78 is 68.1. The highest BCUT2D eigenvalue weighted by molar-refractivity contribution is 5.97. The largest absolute Gasteiger partial charge is 0.454 e. The number of piperazine rings is 1. The third kappa shape index (κ3) is 2.24. The van der Waals surface area contributed by atoms with Gasteiger partial charge in [0.05, 0.1) is 19.4 Å². The molecular weight excluding hydrogens is 370 g/mol. The number of H-pyrrole nitrogens is 1. The number of rotatable bonds is 1. The zero-order valence-electron chi connectivity index (χ0n) is 22.3. The monoisotopic (exact) mass is 396 g/mol. The van der Waals surface area contributed by atoms with Crippen LogP contribution < -0.4 is 9.47 Å². The first-order valence-corrected chi connectivity index (χ1v) is 9.04. The molecule has 1 aromatic heterocycles. The minimum Gasteiger partial charge on any atom is -0.454 e. The van der Waals surface area contributed by atoms with Crippen molar-refractivity contribution in [3.8, 4) is 11.5 Å². The molecular formula is C22H19N3O4. The van der Waals surface area contributed by atoms with Gasteiger partial charge in [-0.2, -0.15) is 0 Å². The molecule has 0 aliphatic carbocycles. The lowest BCUT2D eigenvalue weighted by Crippen LogP contribution is -2.62. The average molecular weight is 396 g/mol. The van der Waals surface area contributed by atoms with E-state index in [2.05, 4.69) is 4.98 Å². The van der Waals surface area contributed by atoms with E-state index in [-0.39, 0.29) is 47.5 Å². The lowest BCUT2D eigenvalue weighted by Gasteiger charge is -2.46. The van der Waals surface area contributed by atoms with Crippen LogP contribution in [0.5, 0.6) is 11.5 Å². The van der Waals surface area contributed by atoms with Crippen LogP contribution in [0, 0.1) is 0 Å². The molecule has 2 amide bonds. The Hall–Kier alpha value is -3.48. The van der Waals surface area contributed by atoms with Crippen molar-refractivity contribution in [2.45, 2.75) is 18.5 Å². The zero-order valence-corrected chi connectivity index (χ0v) is 15.3. The maximum absolute atomic E-state index is 13.3. The fourth-order valence-electron chi connectivity index (χ4n) is 4.26. The van der Waals surface area contributed by atoms with E-state index in [0.717, 1.165) is 4.90 Å². The van der Waals surface area contributed by atoms with Crippen molar-refractivity contribution in [3.63, 3.8) is 0 Å². The van der Waals surface area contributed by atoms with Crippen LogP contribution in [0.25, 0.3) is 10.9 Å². The third-order valence-corrected chi connectivity index (χ3v) is 5.56. The van der Waals surface area contributed by atoms with Gasteiger partial charge in [-0.1, -0.05) is 24.2 Å².